The number of unbranched alkanes of at least 4 members (excludes halogenated alkanes) is 1. The molecule has 0 aliphatic heterocycles. The second-order valence-corrected chi connectivity index (χ2v) is 6.19. The molecular formula is C15H23Br2NO3. The Morgan fingerprint density at radius 3 is 2.38 bits per heavy atom. The molecule has 0 saturated heterocycles. The number of hydrogen-bond acceptors (Lipinski definition) is 4. The predicted molar refractivity (Wildman–Crippen MR) is 92.5 cm³/mol. The van der Waals surface area contributed by atoms with Gasteiger partial charge in [0.2, 0.25) is 0 Å². The van der Waals surface area contributed by atoms with Crippen LogP contribution < -0.4 is 14.8 Å². The third-order valence-electron chi connectivity index (χ3n) is 2.81. The van der Waals surface area contributed by atoms with Gasteiger partial charge in [0.25, 0.3) is 0 Å². The first kappa shape index (κ1) is 18.7. The molecule has 120 valence electrons. The molecule has 4 nitrogen and oxygen atoms in total. The Kier molecular flexibility index (Phi) is 10.1. The van der Waals surface area contributed by atoms with Crippen LogP contribution in [0.1, 0.15) is 19.8 Å². The summed E-state index contributed by atoms with van der Waals surface area (Å²) in [5, 5.41) is 3.29. The van der Waals surface area contributed by atoms with Crippen LogP contribution in [-0.4, -0.2) is 40.0 Å². The summed E-state index contributed by atoms with van der Waals surface area (Å²) in [6.07, 6.45) is 2.30. The van der Waals surface area contributed by atoms with E-state index in [1.54, 1.807) is 7.11 Å². The van der Waals surface area contributed by atoms with E-state index in [9.17, 15) is 0 Å². The molecule has 0 radical (unpaired) electrons. The second kappa shape index (κ2) is 11.3. The number of methoxy groups -OCH3 is 1. The average Bonchev–Trinajstić information content (AvgIpc) is 2.48. The van der Waals surface area contributed by atoms with E-state index in [0.29, 0.717) is 6.61 Å². The van der Waals surface area contributed by atoms with E-state index in [1.807, 2.05) is 12.1 Å². The molecule has 0 unspecified atom stereocenters. The lowest BCUT2D eigenvalue weighted by Crippen LogP contribution is -2.25. The SMILES string of the molecule is CCCCOCCNCCOc1cc(Br)c(OC)cc1Br. The predicted octanol–water partition coefficient (Wildman–Crippen LogP) is 4.01. The smallest absolute Gasteiger partial charge is 0.134 e. The van der Waals surface area contributed by atoms with Gasteiger partial charge >= 0.3 is 0 Å². The van der Waals surface area contributed by atoms with Crippen molar-refractivity contribution in [2.24, 2.45) is 0 Å². The number of hydrogen-bond donors (Lipinski definition) is 1. The van der Waals surface area contributed by atoms with Gasteiger partial charge in [-0.2, -0.15) is 0 Å². The molecule has 0 saturated carbocycles. The third kappa shape index (κ3) is 7.49. The second-order valence-electron chi connectivity index (χ2n) is 4.48. The van der Waals surface area contributed by atoms with Gasteiger partial charge in [-0.05, 0) is 50.4 Å². The summed E-state index contributed by atoms with van der Waals surface area (Å²) in [4.78, 5) is 0. The zero-order valence-electron chi connectivity index (χ0n) is 12.6. The standard InChI is InChI=1S/C15H23Br2NO3/c1-3-4-7-20-8-5-18-6-9-21-15-11-12(16)14(19-2)10-13(15)17/h10-11,18H,3-9H2,1-2H3. The maximum absolute atomic E-state index is 5.73. The van der Waals surface area contributed by atoms with Gasteiger partial charge in [0.05, 0.1) is 22.7 Å². The number of nitrogens with one attached hydrogen (secondary N) is 1. The molecule has 0 bridgehead atoms. The Bertz CT molecular complexity index is 416. The third-order valence-corrected chi connectivity index (χ3v) is 4.05. The van der Waals surface area contributed by atoms with Crippen LogP contribution in [0.5, 0.6) is 11.5 Å². The van der Waals surface area contributed by atoms with E-state index in [4.69, 9.17) is 14.2 Å². The van der Waals surface area contributed by atoms with Crippen molar-refractivity contribution in [1.29, 1.82) is 0 Å². The zero-order chi connectivity index (χ0) is 15.5. The van der Waals surface area contributed by atoms with Crippen LogP contribution in [-0.2, 0) is 4.74 Å². The van der Waals surface area contributed by atoms with E-state index < -0.39 is 0 Å². The first-order valence-electron chi connectivity index (χ1n) is 7.13. The minimum Gasteiger partial charge on any atom is -0.496 e. The lowest BCUT2D eigenvalue weighted by molar-refractivity contribution is 0.132. The quantitative estimate of drug-likeness (QED) is 0.545. The summed E-state index contributed by atoms with van der Waals surface area (Å²) < 4.78 is 18.2. The van der Waals surface area contributed by atoms with Crippen molar-refractivity contribution in [2.75, 3.05) is 40.0 Å². The van der Waals surface area contributed by atoms with Crippen molar-refractivity contribution in [3.8, 4) is 11.5 Å². The number of rotatable bonds is 11. The van der Waals surface area contributed by atoms with E-state index in [0.717, 1.165) is 53.2 Å². The lowest BCUT2D eigenvalue weighted by atomic mass is 10.3. The van der Waals surface area contributed by atoms with E-state index in [-0.39, 0.29) is 0 Å². The molecule has 0 aliphatic carbocycles. The molecule has 21 heavy (non-hydrogen) atoms. The fourth-order valence-corrected chi connectivity index (χ4v) is 2.55. The van der Waals surface area contributed by atoms with Gasteiger partial charge in [0.15, 0.2) is 0 Å². The summed E-state index contributed by atoms with van der Waals surface area (Å²) in [7, 11) is 1.64. The Morgan fingerprint density at radius 1 is 1.00 bits per heavy atom. The van der Waals surface area contributed by atoms with Crippen LogP contribution in [0.2, 0.25) is 0 Å². The lowest BCUT2D eigenvalue weighted by Gasteiger charge is -2.11. The Labute approximate surface area is 143 Å². The van der Waals surface area contributed by atoms with Gasteiger partial charge in [0, 0.05) is 19.7 Å². The topological polar surface area (TPSA) is 39.7 Å². The van der Waals surface area contributed by atoms with E-state index in [1.165, 1.54) is 6.42 Å². The van der Waals surface area contributed by atoms with Crippen molar-refractivity contribution >= 4 is 31.9 Å². The summed E-state index contributed by atoms with van der Waals surface area (Å²) >= 11 is 6.92. The molecule has 1 rings (SSSR count). The van der Waals surface area contributed by atoms with Gasteiger partial charge in [0.1, 0.15) is 18.1 Å². The van der Waals surface area contributed by atoms with Gasteiger partial charge in [-0.1, -0.05) is 13.3 Å². The maximum Gasteiger partial charge on any atom is 0.134 e. The molecule has 0 fully saturated rings. The van der Waals surface area contributed by atoms with Gasteiger partial charge < -0.3 is 19.5 Å². The Balaban J connectivity index is 2.17. The molecule has 0 heterocycles. The van der Waals surface area contributed by atoms with Crippen molar-refractivity contribution in [2.45, 2.75) is 19.8 Å². The van der Waals surface area contributed by atoms with Crippen LogP contribution in [0.25, 0.3) is 0 Å². The fourth-order valence-electron chi connectivity index (χ4n) is 1.63. The van der Waals surface area contributed by atoms with Crippen LogP contribution in [0.3, 0.4) is 0 Å². The van der Waals surface area contributed by atoms with E-state index in [2.05, 4.69) is 44.1 Å². The molecule has 0 spiro atoms. The Morgan fingerprint density at radius 2 is 1.67 bits per heavy atom. The highest BCUT2D eigenvalue weighted by atomic mass is 79.9. The van der Waals surface area contributed by atoms with Crippen molar-refractivity contribution in [3.63, 3.8) is 0 Å². The highest BCUT2D eigenvalue weighted by Gasteiger charge is 2.07. The molecule has 1 aromatic rings. The number of ether oxygens (including phenoxy) is 3. The minimum absolute atomic E-state index is 0.604. The number of halogens is 2. The van der Waals surface area contributed by atoms with Crippen LogP contribution >= 0.6 is 31.9 Å². The largest absolute Gasteiger partial charge is 0.496 e. The average molecular weight is 425 g/mol. The van der Waals surface area contributed by atoms with Gasteiger partial charge in [-0.3, -0.25) is 0 Å². The Hall–Kier alpha value is -0.300. The summed E-state index contributed by atoms with van der Waals surface area (Å²) in [5.74, 6) is 1.57. The first-order chi connectivity index (χ1) is 10.2. The van der Waals surface area contributed by atoms with E-state index >= 15 is 0 Å². The molecule has 1 aromatic carbocycles. The normalized spacial score (nSPS) is 10.7. The van der Waals surface area contributed by atoms with Crippen LogP contribution in [0.15, 0.2) is 21.1 Å². The fraction of sp³-hybridized carbons (Fsp3) is 0.600. The van der Waals surface area contributed by atoms with Crippen molar-refractivity contribution in [1.82, 2.24) is 5.32 Å². The molecule has 0 atom stereocenters. The van der Waals surface area contributed by atoms with Gasteiger partial charge in [-0.25, -0.2) is 0 Å². The summed E-state index contributed by atoms with van der Waals surface area (Å²) in [5.41, 5.74) is 0. The summed E-state index contributed by atoms with van der Waals surface area (Å²) in [6.45, 7) is 5.99. The molecule has 0 amide bonds. The molecule has 0 aromatic heterocycles. The van der Waals surface area contributed by atoms with Gasteiger partial charge in [-0.15, -0.1) is 0 Å². The van der Waals surface area contributed by atoms with Crippen molar-refractivity contribution in [3.05, 3.63) is 21.1 Å². The van der Waals surface area contributed by atoms with Crippen LogP contribution in [0, 0.1) is 0 Å². The number of benzene rings is 1. The van der Waals surface area contributed by atoms with Crippen LogP contribution in [0.4, 0.5) is 0 Å². The summed E-state index contributed by atoms with van der Waals surface area (Å²) in [6, 6.07) is 3.78. The molecule has 0 aliphatic rings. The zero-order valence-corrected chi connectivity index (χ0v) is 15.8. The highest BCUT2D eigenvalue weighted by molar-refractivity contribution is 9.11. The first-order valence-corrected chi connectivity index (χ1v) is 8.72. The molecular weight excluding hydrogens is 402 g/mol. The highest BCUT2D eigenvalue weighted by Crippen LogP contribution is 2.35. The minimum atomic E-state index is 0.604. The molecule has 1 N–H and O–H groups in total. The van der Waals surface area contributed by atoms with Crippen molar-refractivity contribution < 1.29 is 14.2 Å². The molecule has 6 heteroatoms. The maximum atomic E-state index is 5.73. The monoisotopic (exact) mass is 423 g/mol.